The Labute approximate surface area is 110 Å². The first-order valence-corrected chi connectivity index (χ1v) is 6.18. The first kappa shape index (κ1) is 10.3. The molecule has 0 amide bonds. The van der Waals surface area contributed by atoms with Crippen LogP contribution >= 0.6 is 0 Å². The van der Waals surface area contributed by atoms with Gasteiger partial charge in [0.15, 0.2) is 0 Å². The van der Waals surface area contributed by atoms with Crippen LogP contribution in [0.25, 0.3) is 16.7 Å². The predicted octanol–water partition coefficient (Wildman–Crippen LogP) is 3.54. The number of ether oxygens (including phenoxy) is 1. The van der Waals surface area contributed by atoms with Gasteiger partial charge in [-0.15, -0.1) is 0 Å². The van der Waals surface area contributed by atoms with Crippen LogP contribution in [0.4, 0.5) is 0 Å². The van der Waals surface area contributed by atoms with Crippen molar-refractivity contribution < 1.29 is 9.53 Å². The summed E-state index contributed by atoms with van der Waals surface area (Å²) in [6, 6.07) is 16.4. The third-order valence-corrected chi connectivity index (χ3v) is 3.51. The third-order valence-electron chi connectivity index (χ3n) is 3.51. The fraction of sp³-hybridized carbons (Fsp3) is 0. The normalized spacial score (nSPS) is 15.5. The quantitative estimate of drug-likeness (QED) is 0.567. The third kappa shape index (κ3) is 1.40. The van der Waals surface area contributed by atoms with Crippen molar-refractivity contribution in [2.24, 2.45) is 0 Å². The van der Waals surface area contributed by atoms with Gasteiger partial charge in [-0.25, -0.2) is 4.79 Å². The summed E-state index contributed by atoms with van der Waals surface area (Å²) in [5.74, 6) is 0.340. The molecule has 2 aromatic carbocycles. The summed E-state index contributed by atoms with van der Waals surface area (Å²) < 4.78 is 5.29. The predicted molar refractivity (Wildman–Crippen MR) is 73.1 cm³/mol. The van der Waals surface area contributed by atoms with Gasteiger partial charge in [0.05, 0.1) is 0 Å². The van der Waals surface area contributed by atoms with E-state index in [-0.39, 0.29) is 5.97 Å². The van der Waals surface area contributed by atoms with Crippen molar-refractivity contribution in [1.29, 1.82) is 0 Å². The highest BCUT2D eigenvalue weighted by Crippen LogP contribution is 2.46. The van der Waals surface area contributed by atoms with Gasteiger partial charge in [-0.2, -0.15) is 0 Å². The van der Waals surface area contributed by atoms with E-state index in [4.69, 9.17) is 4.74 Å². The molecule has 0 atom stereocenters. The van der Waals surface area contributed by atoms with Crippen LogP contribution in [0.5, 0.6) is 0 Å². The Morgan fingerprint density at radius 2 is 1.21 bits per heavy atom. The smallest absolute Gasteiger partial charge is 0.336 e. The monoisotopic (exact) mass is 246 g/mol. The molecule has 19 heavy (non-hydrogen) atoms. The number of cyclic esters (lactones) is 1. The number of fused-ring (bicyclic) bond motifs is 3. The van der Waals surface area contributed by atoms with Crippen LogP contribution in [0.15, 0.2) is 66.4 Å². The van der Waals surface area contributed by atoms with E-state index in [9.17, 15) is 4.79 Å². The topological polar surface area (TPSA) is 26.3 Å². The number of esters is 1. The molecule has 1 aliphatic carbocycles. The van der Waals surface area contributed by atoms with Crippen molar-refractivity contribution >= 4 is 11.5 Å². The Bertz CT molecular complexity index is 719. The Morgan fingerprint density at radius 3 is 1.68 bits per heavy atom. The zero-order valence-corrected chi connectivity index (χ0v) is 10.1. The second kappa shape index (κ2) is 3.69. The lowest BCUT2D eigenvalue weighted by molar-refractivity contribution is -0.132. The van der Waals surface area contributed by atoms with Gasteiger partial charge in [-0.05, 0) is 28.3 Å². The van der Waals surface area contributed by atoms with E-state index in [0.29, 0.717) is 5.76 Å². The molecular weight excluding hydrogens is 236 g/mol. The first-order valence-electron chi connectivity index (χ1n) is 6.18. The number of carbonyl (C=O) groups is 1. The summed E-state index contributed by atoms with van der Waals surface area (Å²) in [5, 5.41) is 0. The van der Waals surface area contributed by atoms with Crippen LogP contribution in [0.2, 0.25) is 0 Å². The molecular formula is C17H10O2. The number of benzene rings is 2. The zero-order chi connectivity index (χ0) is 12.8. The number of allylic oxidation sites excluding steroid dienone is 1. The Hall–Kier alpha value is -2.61. The molecule has 1 heterocycles. The van der Waals surface area contributed by atoms with Gasteiger partial charge >= 0.3 is 5.97 Å². The summed E-state index contributed by atoms with van der Waals surface area (Å²) in [4.78, 5) is 11.3. The minimum atomic E-state index is -0.302. The fourth-order valence-corrected chi connectivity index (χ4v) is 2.74. The molecule has 4 rings (SSSR count). The summed E-state index contributed by atoms with van der Waals surface area (Å²) in [6.07, 6.45) is 3.21. The lowest BCUT2D eigenvalue weighted by atomic mass is 10.0. The molecule has 2 nitrogen and oxygen atoms in total. The number of carbonyl (C=O) groups excluding carboxylic acids is 1. The largest absolute Gasteiger partial charge is 0.423 e. The fourth-order valence-electron chi connectivity index (χ4n) is 2.74. The average Bonchev–Trinajstić information content (AvgIpc) is 3.00. The highest BCUT2D eigenvalue weighted by molar-refractivity contribution is 6.04. The molecule has 2 aliphatic rings. The number of hydrogen-bond donors (Lipinski definition) is 0. The first-order chi connectivity index (χ1) is 9.34. The van der Waals surface area contributed by atoms with Gasteiger partial charge in [-0.1, -0.05) is 48.5 Å². The summed E-state index contributed by atoms with van der Waals surface area (Å²) >= 11 is 0. The van der Waals surface area contributed by atoms with Crippen LogP contribution in [0.1, 0.15) is 11.1 Å². The zero-order valence-electron chi connectivity index (χ0n) is 10.1. The molecule has 1 aliphatic heterocycles. The van der Waals surface area contributed by atoms with E-state index in [1.807, 2.05) is 24.3 Å². The summed E-state index contributed by atoms with van der Waals surface area (Å²) in [7, 11) is 0. The number of rotatable bonds is 0. The van der Waals surface area contributed by atoms with E-state index in [0.717, 1.165) is 16.7 Å². The summed E-state index contributed by atoms with van der Waals surface area (Å²) in [6.45, 7) is 0. The molecule has 2 aromatic rings. The molecule has 0 saturated heterocycles. The van der Waals surface area contributed by atoms with E-state index >= 15 is 0 Å². The van der Waals surface area contributed by atoms with Gasteiger partial charge in [0.25, 0.3) is 0 Å². The molecule has 0 unspecified atom stereocenters. The van der Waals surface area contributed by atoms with Gasteiger partial charge < -0.3 is 4.74 Å². The molecule has 0 spiro atoms. The minimum absolute atomic E-state index is 0.302. The SMILES string of the molecule is O=C1C=CC(=C2c3ccccc3-c3ccccc32)O1. The Kier molecular flexibility index (Phi) is 2.00. The molecule has 0 aromatic heterocycles. The number of hydrogen-bond acceptors (Lipinski definition) is 2. The molecule has 90 valence electrons. The van der Waals surface area contributed by atoms with Crippen molar-refractivity contribution in [3.63, 3.8) is 0 Å². The van der Waals surface area contributed by atoms with Gasteiger partial charge in [0.2, 0.25) is 0 Å². The molecule has 2 heteroatoms. The van der Waals surface area contributed by atoms with Gasteiger partial charge in [-0.3, -0.25) is 0 Å². The Morgan fingerprint density at radius 1 is 0.684 bits per heavy atom. The van der Waals surface area contributed by atoms with E-state index < -0.39 is 0 Å². The van der Waals surface area contributed by atoms with Crippen LogP contribution < -0.4 is 0 Å². The van der Waals surface area contributed by atoms with E-state index in [1.165, 1.54) is 17.2 Å². The van der Waals surface area contributed by atoms with E-state index in [2.05, 4.69) is 24.3 Å². The minimum Gasteiger partial charge on any atom is -0.423 e. The maximum atomic E-state index is 11.3. The molecule has 0 N–H and O–H groups in total. The van der Waals surface area contributed by atoms with Crippen molar-refractivity contribution in [3.05, 3.63) is 77.6 Å². The van der Waals surface area contributed by atoms with Gasteiger partial charge in [0.1, 0.15) is 5.76 Å². The van der Waals surface area contributed by atoms with Crippen LogP contribution in [-0.4, -0.2) is 5.97 Å². The van der Waals surface area contributed by atoms with Crippen LogP contribution in [0.3, 0.4) is 0 Å². The molecule has 0 bridgehead atoms. The lowest BCUT2D eigenvalue weighted by Gasteiger charge is -2.05. The molecule has 0 saturated carbocycles. The van der Waals surface area contributed by atoms with Crippen LogP contribution in [0, 0.1) is 0 Å². The van der Waals surface area contributed by atoms with Crippen LogP contribution in [-0.2, 0) is 9.53 Å². The van der Waals surface area contributed by atoms with Crippen molar-refractivity contribution in [2.75, 3.05) is 0 Å². The second-order valence-corrected chi connectivity index (χ2v) is 4.58. The van der Waals surface area contributed by atoms with Crippen molar-refractivity contribution in [3.8, 4) is 11.1 Å². The van der Waals surface area contributed by atoms with E-state index in [1.54, 1.807) is 6.08 Å². The van der Waals surface area contributed by atoms with Gasteiger partial charge in [0, 0.05) is 11.6 Å². The molecule has 0 radical (unpaired) electrons. The summed E-state index contributed by atoms with van der Waals surface area (Å²) in [5.41, 5.74) is 5.64. The van der Waals surface area contributed by atoms with Crippen molar-refractivity contribution in [2.45, 2.75) is 0 Å². The maximum absolute atomic E-state index is 11.3. The van der Waals surface area contributed by atoms with Crippen molar-refractivity contribution in [1.82, 2.24) is 0 Å². The highest BCUT2D eigenvalue weighted by atomic mass is 16.5. The Balaban J connectivity index is 2.08. The highest BCUT2D eigenvalue weighted by Gasteiger charge is 2.27. The maximum Gasteiger partial charge on any atom is 0.336 e. The standard InChI is InChI=1S/C17H10O2/c18-16-10-9-15(19-16)17-13-7-3-1-5-11(13)12-6-2-4-8-14(12)17/h1-10H. The second-order valence-electron chi connectivity index (χ2n) is 4.58. The lowest BCUT2D eigenvalue weighted by Crippen LogP contribution is -1.94. The molecule has 0 fully saturated rings. The average molecular weight is 246 g/mol.